The Hall–Kier alpha value is -2.04. The van der Waals surface area contributed by atoms with Gasteiger partial charge in [0, 0.05) is 24.8 Å². The Balaban J connectivity index is 2.63. The summed E-state index contributed by atoms with van der Waals surface area (Å²) in [5, 5.41) is 8.53. The fourth-order valence-corrected chi connectivity index (χ4v) is 1.67. The zero-order valence-electron chi connectivity index (χ0n) is 12.5. The van der Waals surface area contributed by atoms with Crippen LogP contribution in [0.2, 0.25) is 0 Å². The van der Waals surface area contributed by atoms with Crippen LogP contribution in [0.15, 0.2) is 24.3 Å². The molecule has 0 aliphatic rings. The van der Waals surface area contributed by atoms with Gasteiger partial charge in [0.25, 0.3) is 5.91 Å². The molecule has 0 heterocycles. The molecule has 5 nitrogen and oxygen atoms in total. The highest BCUT2D eigenvalue weighted by atomic mass is 16.2. The third kappa shape index (κ3) is 4.91. The van der Waals surface area contributed by atoms with Gasteiger partial charge in [0.1, 0.15) is 6.04 Å². The molecule has 0 spiro atoms. The lowest BCUT2D eigenvalue weighted by Crippen LogP contribution is -2.39. The third-order valence-corrected chi connectivity index (χ3v) is 2.81. The largest absolute Gasteiger partial charge is 0.374 e. The summed E-state index contributed by atoms with van der Waals surface area (Å²) >= 11 is 0. The Labute approximate surface area is 120 Å². The zero-order valence-corrected chi connectivity index (χ0v) is 12.5. The molecular formula is C15H23N3O2. The number of hydrogen-bond acceptors (Lipinski definition) is 3. The fourth-order valence-electron chi connectivity index (χ4n) is 1.67. The molecule has 2 amide bonds. The van der Waals surface area contributed by atoms with Crippen LogP contribution in [-0.4, -0.2) is 31.4 Å². The average Bonchev–Trinajstić information content (AvgIpc) is 2.43. The molecule has 20 heavy (non-hydrogen) atoms. The molecule has 1 atom stereocenters. The number of carbonyl (C=O) groups is 2. The summed E-state index contributed by atoms with van der Waals surface area (Å²) in [6.07, 6.45) is 0. The van der Waals surface area contributed by atoms with Crippen LogP contribution in [-0.2, 0) is 4.79 Å². The van der Waals surface area contributed by atoms with Crippen molar-refractivity contribution in [1.82, 2.24) is 10.6 Å². The van der Waals surface area contributed by atoms with Gasteiger partial charge in [0.2, 0.25) is 5.91 Å². The molecule has 0 fully saturated rings. The molecule has 0 saturated heterocycles. The summed E-state index contributed by atoms with van der Waals surface area (Å²) in [7, 11) is 1.59. The SMILES string of the molecule is CNC(=O)c1cccc(NC(C)C(=O)NCC(C)C)c1. The highest BCUT2D eigenvalue weighted by Crippen LogP contribution is 2.12. The van der Waals surface area contributed by atoms with Crippen molar-refractivity contribution in [1.29, 1.82) is 0 Å². The molecule has 0 aliphatic heterocycles. The van der Waals surface area contributed by atoms with Crippen LogP contribution in [0.4, 0.5) is 5.69 Å². The van der Waals surface area contributed by atoms with Gasteiger partial charge in [-0.15, -0.1) is 0 Å². The van der Waals surface area contributed by atoms with Crippen LogP contribution in [0, 0.1) is 5.92 Å². The van der Waals surface area contributed by atoms with E-state index in [1.807, 2.05) is 19.9 Å². The highest BCUT2D eigenvalue weighted by molar-refractivity contribution is 5.95. The monoisotopic (exact) mass is 277 g/mol. The van der Waals surface area contributed by atoms with Crippen molar-refractivity contribution in [3.63, 3.8) is 0 Å². The smallest absolute Gasteiger partial charge is 0.251 e. The van der Waals surface area contributed by atoms with E-state index >= 15 is 0 Å². The van der Waals surface area contributed by atoms with Crippen molar-refractivity contribution in [3.05, 3.63) is 29.8 Å². The van der Waals surface area contributed by atoms with Gasteiger partial charge in [-0.3, -0.25) is 9.59 Å². The van der Waals surface area contributed by atoms with Crippen LogP contribution < -0.4 is 16.0 Å². The molecule has 0 saturated carbocycles. The van der Waals surface area contributed by atoms with E-state index in [0.717, 1.165) is 5.69 Å². The van der Waals surface area contributed by atoms with Gasteiger partial charge in [-0.1, -0.05) is 19.9 Å². The quantitative estimate of drug-likeness (QED) is 0.740. The van der Waals surface area contributed by atoms with Crippen molar-refractivity contribution in [2.24, 2.45) is 5.92 Å². The number of carbonyl (C=O) groups excluding carboxylic acids is 2. The first kappa shape index (κ1) is 16.0. The van der Waals surface area contributed by atoms with Gasteiger partial charge in [0.05, 0.1) is 0 Å². The molecule has 110 valence electrons. The number of rotatable bonds is 6. The summed E-state index contributed by atoms with van der Waals surface area (Å²) in [6.45, 7) is 6.54. The second-order valence-corrected chi connectivity index (χ2v) is 5.16. The zero-order chi connectivity index (χ0) is 15.1. The fraction of sp³-hybridized carbons (Fsp3) is 0.467. The maximum atomic E-state index is 11.9. The van der Waals surface area contributed by atoms with E-state index in [2.05, 4.69) is 16.0 Å². The van der Waals surface area contributed by atoms with Gasteiger partial charge in [0.15, 0.2) is 0 Å². The van der Waals surface area contributed by atoms with Crippen molar-refractivity contribution in [2.45, 2.75) is 26.8 Å². The number of hydrogen-bond donors (Lipinski definition) is 3. The molecule has 5 heteroatoms. The first-order valence-corrected chi connectivity index (χ1v) is 6.80. The van der Waals surface area contributed by atoms with E-state index in [1.54, 1.807) is 32.2 Å². The minimum absolute atomic E-state index is 0.0518. The van der Waals surface area contributed by atoms with Crippen molar-refractivity contribution >= 4 is 17.5 Å². The minimum atomic E-state index is -0.353. The number of anilines is 1. The average molecular weight is 277 g/mol. The first-order chi connectivity index (χ1) is 9.43. The lowest BCUT2D eigenvalue weighted by Gasteiger charge is -2.16. The number of benzene rings is 1. The van der Waals surface area contributed by atoms with Gasteiger partial charge in [-0.25, -0.2) is 0 Å². The third-order valence-electron chi connectivity index (χ3n) is 2.81. The Morgan fingerprint density at radius 2 is 1.90 bits per heavy atom. The number of nitrogens with one attached hydrogen (secondary N) is 3. The highest BCUT2D eigenvalue weighted by Gasteiger charge is 2.13. The van der Waals surface area contributed by atoms with E-state index in [1.165, 1.54) is 0 Å². The van der Waals surface area contributed by atoms with Gasteiger partial charge >= 0.3 is 0 Å². The predicted octanol–water partition coefficient (Wildman–Crippen LogP) is 1.62. The number of amides is 2. The molecule has 0 bridgehead atoms. The minimum Gasteiger partial charge on any atom is -0.374 e. The van der Waals surface area contributed by atoms with Crippen molar-refractivity contribution in [3.8, 4) is 0 Å². The Morgan fingerprint density at radius 1 is 1.20 bits per heavy atom. The van der Waals surface area contributed by atoms with Crippen LogP contribution >= 0.6 is 0 Å². The molecule has 1 rings (SSSR count). The second-order valence-electron chi connectivity index (χ2n) is 5.16. The Morgan fingerprint density at radius 3 is 2.50 bits per heavy atom. The summed E-state index contributed by atoms with van der Waals surface area (Å²) in [6, 6.07) is 6.72. The van der Waals surface area contributed by atoms with E-state index in [-0.39, 0.29) is 17.9 Å². The van der Waals surface area contributed by atoms with Gasteiger partial charge in [-0.2, -0.15) is 0 Å². The lowest BCUT2D eigenvalue weighted by molar-refractivity contribution is -0.121. The summed E-state index contributed by atoms with van der Waals surface area (Å²) in [4.78, 5) is 23.4. The van der Waals surface area contributed by atoms with Crippen LogP contribution in [0.3, 0.4) is 0 Å². The molecule has 1 unspecified atom stereocenters. The van der Waals surface area contributed by atoms with Crippen molar-refractivity contribution in [2.75, 3.05) is 18.9 Å². The Kier molecular flexibility index (Phi) is 6.03. The molecule has 0 radical (unpaired) electrons. The van der Waals surface area contributed by atoms with Gasteiger partial charge in [-0.05, 0) is 31.0 Å². The first-order valence-electron chi connectivity index (χ1n) is 6.80. The van der Waals surface area contributed by atoms with Crippen LogP contribution in [0.5, 0.6) is 0 Å². The lowest BCUT2D eigenvalue weighted by atomic mass is 10.1. The van der Waals surface area contributed by atoms with Crippen molar-refractivity contribution < 1.29 is 9.59 Å². The molecule has 3 N–H and O–H groups in total. The van der Waals surface area contributed by atoms with Crippen LogP contribution in [0.1, 0.15) is 31.1 Å². The van der Waals surface area contributed by atoms with E-state index in [4.69, 9.17) is 0 Å². The summed E-state index contributed by atoms with van der Waals surface area (Å²) in [5.41, 5.74) is 1.31. The van der Waals surface area contributed by atoms with Gasteiger partial charge < -0.3 is 16.0 Å². The molecule has 1 aromatic rings. The molecule has 1 aromatic carbocycles. The summed E-state index contributed by atoms with van der Waals surface area (Å²) < 4.78 is 0. The predicted molar refractivity (Wildman–Crippen MR) is 80.8 cm³/mol. The van der Waals surface area contributed by atoms with E-state index < -0.39 is 0 Å². The molecule has 0 aromatic heterocycles. The standard InChI is InChI=1S/C15H23N3O2/c1-10(2)9-17-14(19)11(3)18-13-7-5-6-12(8-13)15(20)16-4/h5-8,10-11,18H,9H2,1-4H3,(H,16,20)(H,17,19). The maximum absolute atomic E-state index is 11.9. The Bertz CT molecular complexity index is 472. The molecule has 0 aliphatic carbocycles. The van der Waals surface area contributed by atoms with E-state index in [9.17, 15) is 9.59 Å². The molecular weight excluding hydrogens is 254 g/mol. The topological polar surface area (TPSA) is 70.2 Å². The second kappa shape index (κ2) is 7.53. The van der Waals surface area contributed by atoms with E-state index in [0.29, 0.717) is 18.0 Å². The summed E-state index contributed by atoms with van der Waals surface area (Å²) in [5.74, 6) is 0.220. The normalized spacial score (nSPS) is 11.8. The maximum Gasteiger partial charge on any atom is 0.251 e. The van der Waals surface area contributed by atoms with Crippen LogP contribution in [0.25, 0.3) is 0 Å².